The molecule has 1 fully saturated rings. The van der Waals surface area contributed by atoms with Crippen molar-refractivity contribution in [1.82, 2.24) is 4.90 Å². The van der Waals surface area contributed by atoms with Crippen LogP contribution in [0.5, 0.6) is 0 Å². The molecular weight excluding hydrogens is 398 g/mol. The molecule has 0 atom stereocenters. The van der Waals surface area contributed by atoms with Gasteiger partial charge in [-0.2, -0.15) is 0 Å². The second kappa shape index (κ2) is 10.7. The third kappa shape index (κ3) is 6.12. The molecule has 1 aromatic carbocycles. The van der Waals surface area contributed by atoms with Crippen LogP contribution < -0.4 is 10.2 Å². The minimum atomic E-state index is -0.705. The Morgan fingerprint density at radius 2 is 1.83 bits per heavy atom. The zero-order chi connectivity index (χ0) is 21.4. The van der Waals surface area contributed by atoms with Gasteiger partial charge in [-0.1, -0.05) is 18.5 Å². The van der Waals surface area contributed by atoms with Gasteiger partial charge in [-0.15, -0.1) is 0 Å². The molecule has 0 saturated carbocycles. The average molecular weight is 424 g/mol. The molecule has 8 nitrogen and oxygen atoms in total. The van der Waals surface area contributed by atoms with Gasteiger partial charge in [0.1, 0.15) is 5.70 Å². The van der Waals surface area contributed by atoms with Crippen molar-refractivity contribution in [3.8, 4) is 0 Å². The number of hydrogen-bond acceptors (Lipinski definition) is 7. The number of ether oxygens (including phenoxy) is 2. The molecule has 0 radical (unpaired) electrons. The Morgan fingerprint density at radius 3 is 2.38 bits per heavy atom. The first-order valence-corrected chi connectivity index (χ1v) is 9.74. The normalized spacial score (nSPS) is 14.4. The number of nitrogens with zero attached hydrogens (tertiary/aromatic N) is 2. The number of methoxy groups -OCH3 is 2. The summed E-state index contributed by atoms with van der Waals surface area (Å²) in [7, 11) is 2.44. The van der Waals surface area contributed by atoms with Gasteiger partial charge >= 0.3 is 11.9 Å². The maximum atomic E-state index is 12.0. The van der Waals surface area contributed by atoms with E-state index in [9.17, 15) is 14.4 Å². The fourth-order valence-corrected chi connectivity index (χ4v) is 3.30. The van der Waals surface area contributed by atoms with E-state index >= 15 is 0 Å². The SMILES string of the molecule is CCCC(=O)N1CCN(c2ccc(N/C(=C/C(=O)OC)C(=O)OC)cc2Cl)CC1. The van der Waals surface area contributed by atoms with E-state index in [0.29, 0.717) is 43.3 Å². The number of halogens is 1. The van der Waals surface area contributed by atoms with Crippen molar-refractivity contribution < 1.29 is 23.9 Å². The first kappa shape index (κ1) is 22.5. The molecule has 1 heterocycles. The van der Waals surface area contributed by atoms with Crippen LogP contribution in [0.3, 0.4) is 0 Å². The minimum Gasteiger partial charge on any atom is -0.466 e. The van der Waals surface area contributed by atoms with E-state index in [1.54, 1.807) is 12.1 Å². The van der Waals surface area contributed by atoms with E-state index in [1.165, 1.54) is 14.2 Å². The third-order valence-corrected chi connectivity index (χ3v) is 4.84. The van der Waals surface area contributed by atoms with Gasteiger partial charge in [0.2, 0.25) is 5.91 Å². The Bertz CT molecular complexity index is 788. The molecule has 9 heteroatoms. The van der Waals surface area contributed by atoms with Crippen molar-refractivity contribution in [3.05, 3.63) is 35.0 Å². The largest absolute Gasteiger partial charge is 0.466 e. The van der Waals surface area contributed by atoms with Gasteiger partial charge in [-0.3, -0.25) is 4.79 Å². The first-order valence-electron chi connectivity index (χ1n) is 9.36. The van der Waals surface area contributed by atoms with Gasteiger partial charge in [0.15, 0.2) is 0 Å². The summed E-state index contributed by atoms with van der Waals surface area (Å²) in [5.41, 5.74) is 1.30. The smallest absolute Gasteiger partial charge is 0.354 e. The standard InChI is InChI=1S/C20H26ClN3O5/c1-4-5-18(25)24-10-8-23(9-11-24)17-7-6-14(12-15(17)21)22-16(20(27)29-3)13-19(26)28-2/h6-7,12-13,22H,4-5,8-11H2,1-3H3/b16-13+. The molecule has 1 N–H and O–H groups in total. The highest BCUT2D eigenvalue weighted by Crippen LogP contribution is 2.30. The third-order valence-electron chi connectivity index (χ3n) is 4.53. The molecule has 0 unspecified atom stereocenters. The van der Waals surface area contributed by atoms with E-state index in [-0.39, 0.29) is 11.6 Å². The minimum absolute atomic E-state index is 0.0637. The molecular formula is C20H26ClN3O5. The predicted molar refractivity (Wildman–Crippen MR) is 111 cm³/mol. The van der Waals surface area contributed by atoms with Crippen molar-refractivity contribution >= 4 is 40.8 Å². The van der Waals surface area contributed by atoms with Crippen molar-refractivity contribution in [2.45, 2.75) is 19.8 Å². The Labute approximate surface area is 175 Å². The molecule has 2 rings (SSSR count). The van der Waals surface area contributed by atoms with Crippen molar-refractivity contribution in [2.75, 3.05) is 50.6 Å². The molecule has 0 bridgehead atoms. The van der Waals surface area contributed by atoms with E-state index < -0.39 is 11.9 Å². The maximum Gasteiger partial charge on any atom is 0.354 e. The van der Waals surface area contributed by atoms with Crippen LogP contribution in [0.15, 0.2) is 30.0 Å². The number of nitrogens with one attached hydrogen (secondary N) is 1. The van der Waals surface area contributed by atoms with Crippen LogP contribution in [0.25, 0.3) is 0 Å². The van der Waals surface area contributed by atoms with Crippen LogP contribution in [-0.2, 0) is 23.9 Å². The van der Waals surface area contributed by atoms with Gasteiger partial charge in [-0.05, 0) is 24.6 Å². The number of piperazine rings is 1. The zero-order valence-corrected chi connectivity index (χ0v) is 17.6. The molecule has 0 spiro atoms. The summed E-state index contributed by atoms with van der Waals surface area (Å²) >= 11 is 6.45. The summed E-state index contributed by atoms with van der Waals surface area (Å²) in [4.78, 5) is 39.4. The highest BCUT2D eigenvalue weighted by atomic mass is 35.5. The van der Waals surface area contributed by atoms with E-state index in [1.807, 2.05) is 17.9 Å². The van der Waals surface area contributed by atoms with Gasteiger partial charge in [0.25, 0.3) is 0 Å². The molecule has 1 amide bonds. The van der Waals surface area contributed by atoms with Crippen LogP contribution in [-0.4, -0.2) is 63.1 Å². The summed E-state index contributed by atoms with van der Waals surface area (Å²) in [6, 6.07) is 5.25. The quantitative estimate of drug-likeness (QED) is 0.532. The van der Waals surface area contributed by atoms with Gasteiger partial charge < -0.3 is 24.6 Å². The molecule has 1 aromatic rings. The lowest BCUT2D eigenvalue weighted by Gasteiger charge is -2.36. The maximum absolute atomic E-state index is 12.0. The first-order chi connectivity index (χ1) is 13.9. The van der Waals surface area contributed by atoms with Crippen LogP contribution in [0.2, 0.25) is 5.02 Å². The Hall–Kier alpha value is -2.74. The lowest BCUT2D eigenvalue weighted by molar-refractivity contribution is -0.138. The van der Waals surface area contributed by atoms with Gasteiger partial charge in [0.05, 0.1) is 31.0 Å². The Kier molecular flexibility index (Phi) is 8.33. The lowest BCUT2D eigenvalue weighted by Crippen LogP contribution is -2.48. The van der Waals surface area contributed by atoms with Crippen LogP contribution in [0.4, 0.5) is 11.4 Å². The topological polar surface area (TPSA) is 88.2 Å². The van der Waals surface area contributed by atoms with E-state index in [2.05, 4.69) is 19.7 Å². The number of carbonyl (C=O) groups excluding carboxylic acids is 3. The van der Waals surface area contributed by atoms with Crippen LogP contribution in [0, 0.1) is 0 Å². The van der Waals surface area contributed by atoms with E-state index in [0.717, 1.165) is 18.2 Å². The number of anilines is 2. The average Bonchev–Trinajstić information content (AvgIpc) is 2.73. The van der Waals surface area contributed by atoms with Gasteiger partial charge in [0, 0.05) is 38.3 Å². The Balaban J connectivity index is 2.08. The highest BCUT2D eigenvalue weighted by molar-refractivity contribution is 6.33. The fraction of sp³-hybridized carbons (Fsp3) is 0.450. The second-order valence-electron chi connectivity index (χ2n) is 6.48. The molecule has 29 heavy (non-hydrogen) atoms. The summed E-state index contributed by atoms with van der Waals surface area (Å²) in [6.45, 7) is 4.69. The van der Waals surface area contributed by atoms with Crippen molar-refractivity contribution in [2.24, 2.45) is 0 Å². The summed E-state index contributed by atoms with van der Waals surface area (Å²) in [5, 5.41) is 3.32. The van der Waals surface area contributed by atoms with Gasteiger partial charge in [-0.25, -0.2) is 9.59 Å². The molecule has 0 aliphatic carbocycles. The second-order valence-corrected chi connectivity index (χ2v) is 6.89. The fourth-order valence-electron chi connectivity index (χ4n) is 3.00. The molecule has 0 aromatic heterocycles. The highest BCUT2D eigenvalue weighted by Gasteiger charge is 2.22. The summed E-state index contributed by atoms with van der Waals surface area (Å²) in [6.07, 6.45) is 2.43. The molecule has 158 valence electrons. The number of hydrogen-bond donors (Lipinski definition) is 1. The lowest BCUT2D eigenvalue weighted by atomic mass is 10.2. The number of amides is 1. The Morgan fingerprint density at radius 1 is 1.14 bits per heavy atom. The van der Waals surface area contributed by atoms with Crippen LogP contribution >= 0.6 is 11.6 Å². The monoisotopic (exact) mass is 423 g/mol. The van der Waals surface area contributed by atoms with Crippen LogP contribution in [0.1, 0.15) is 19.8 Å². The number of rotatable bonds is 7. The predicted octanol–water partition coefficient (Wildman–Crippen LogP) is 2.43. The zero-order valence-electron chi connectivity index (χ0n) is 16.9. The summed E-state index contributed by atoms with van der Waals surface area (Å²) < 4.78 is 9.23. The number of carbonyl (C=O) groups is 3. The number of esters is 2. The molecule has 1 saturated heterocycles. The van der Waals surface area contributed by atoms with E-state index in [4.69, 9.17) is 11.6 Å². The van der Waals surface area contributed by atoms with Crippen molar-refractivity contribution in [1.29, 1.82) is 0 Å². The number of benzene rings is 1. The molecule has 1 aliphatic rings. The summed E-state index contributed by atoms with van der Waals surface area (Å²) in [5.74, 6) is -1.20. The molecule has 1 aliphatic heterocycles. The van der Waals surface area contributed by atoms with Crippen molar-refractivity contribution in [3.63, 3.8) is 0 Å².